The van der Waals surface area contributed by atoms with Crippen LogP contribution >= 0.6 is 0 Å². The van der Waals surface area contributed by atoms with Gasteiger partial charge >= 0.3 is 0 Å². The number of carbonyl (C=O) groups excluding carboxylic acids is 2. The third-order valence-electron chi connectivity index (χ3n) is 5.40. The van der Waals surface area contributed by atoms with E-state index in [4.69, 9.17) is 9.47 Å². The first kappa shape index (κ1) is 22.0. The number of H-pyrrole nitrogens is 1. The minimum atomic E-state index is -0.879. The zero-order valence-corrected chi connectivity index (χ0v) is 18.4. The van der Waals surface area contributed by atoms with Gasteiger partial charge in [-0.25, -0.2) is 0 Å². The van der Waals surface area contributed by atoms with Crippen LogP contribution < -0.4 is 20.1 Å². The number of hydrogen-bond acceptors (Lipinski definition) is 4. The highest BCUT2D eigenvalue weighted by molar-refractivity contribution is 5.98. The average molecular weight is 444 g/mol. The van der Waals surface area contributed by atoms with Crippen molar-refractivity contribution < 1.29 is 19.1 Å². The molecule has 0 fully saturated rings. The second-order valence-corrected chi connectivity index (χ2v) is 7.53. The quantitative estimate of drug-likeness (QED) is 0.380. The van der Waals surface area contributed by atoms with Crippen LogP contribution in [0, 0.1) is 0 Å². The van der Waals surface area contributed by atoms with Gasteiger partial charge in [-0.05, 0) is 53.6 Å². The van der Waals surface area contributed by atoms with E-state index in [1.54, 1.807) is 62.8 Å². The Balaban J connectivity index is 1.54. The van der Waals surface area contributed by atoms with Crippen molar-refractivity contribution in [2.45, 2.75) is 12.5 Å². The highest BCUT2D eigenvalue weighted by Crippen LogP contribution is 2.22. The first-order valence-electron chi connectivity index (χ1n) is 10.5. The number of aromatic nitrogens is 1. The van der Waals surface area contributed by atoms with Crippen molar-refractivity contribution in [3.05, 3.63) is 90.1 Å². The van der Waals surface area contributed by atoms with E-state index in [-0.39, 0.29) is 18.2 Å². The van der Waals surface area contributed by atoms with Crippen molar-refractivity contribution in [1.82, 2.24) is 10.3 Å². The molecule has 7 nitrogen and oxygen atoms in total. The third kappa shape index (κ3) is 5.15. The van der Waals surface area contributed by atoms with Gasteiger partial charge in [0.25, 0.3) is 5.91 Å². The van der Waals surface area contributed by atoms with E-state index in [0.717, 1.165) is 16.5 Å². The van der Waals surface area contributed by atoms with Gasteiger partial charge in [0.1, 0.15) is 17.5 Å². The highest BCUT2D eigenvalue weighted by atomic mass is 16.5. The Bertz CT molecular complexity index is 1250. The molecule has 0 bridgehead atoms. The number of para-hydroxylation sites is 1. The van der Waals surface area contributed by atoms with Crippen molar-refractivity contribution in [3.63, 3.8) is 0 Å². The van der Waals surface area contributed by atoms with Gasteiger partial charge in [-0.2, -0.15) is 0 Å². The molecule has 4 aromatic rings. The van der Waals surface area contributed by atoms with Crippen LogP contribution in [0.5, 0.6) is 11.5 Å². The Kier molecular flexibility index (Phi) is 6.59. The van der Waals surface area contributed by atoms with Crippen LogP contribution in [0.25, 0.3) is 10.9 Å². The lowest BCUT2D eigenvalue weighted by Crippen LogP contribution is -2.37. The first-order chi connectivity index (χ1) is 16.1. The Morgan fingerprint density at radius 3 is 2.18 bits per heavy atom. The second-order valence-electron chi connectivity index (χ2n) is 7.53. The van der Waals surface area contributed by atoms with Gasteiger partial charge in [-0.1, -0.05) is 30.3 Å². The number of benzene rings is 3. The monoisotopic (exact) mass is 443 g/mol. The smallest absolute Gasteiger partial charge is 0.251 e. The van der Waals surface area contributed by atoms with Crippen LogP contribution in [-0.4, -0.2) is 31.0 Å². The molecule has 0 aliphatic heterocycles. The van der Waals surface area contributed by atoms with Crippen molar-refractivity contribution >= 4 is 28.4 Å². The summed E-state index contributed by atoms with van der Waals surface area (Å²) < 4.78 is 10.4. The number of aromatic amines is 1. The van der Waals surface area contributed by atoms with Gasteiger partial charge in [0.15, 0.2) is 0 Å². The summed E-state index contributed by atoms with van der Waals surface area (Å²) in [6, 6.07) is 21.0. The van der Waals surface area contributed by atoms with E-state index in [1.807, 2.05) is 30.5 Å². The summed E-state index contributed by atoms with van der Waals surface area (Å²) >= 11 is 0. The van der Waals surface area contributed by atoms with Crippen LogP contribution in [0.15, 0.2) is 79.0 Å². The molecule has 0 saturated carbocycles. The lowest BCUT2D eigenvalue weighted by molar-refractivity contribution is -0.126. The SMILES string of the molecule is COc1ccc(NC(=O)[C@@H](NC(=O)Cc2c[nH]c3ccccc23)c2ccc(OC)cc2)cc1. The topological polar surface area (TPSA) is 92.5 Å². The molecule has 2 amide bonds. The van der Waals surface area contributed by atoms with Crippen molar-refractivity contribution in [2.24, 2.45) is 0 Å². The van der Waals surface area contributed by atoms with Gasteiger partial charge in [0.2, 0.25) is 5.91 Å². The van der Waals surface area contributed by atoms with E-state index >= 15 is 0 Å². The zero-order chi connectivity index (χ0) is 23.2. The number of carbonyl (C=O) groups is 2. The van der Waals surface area contributed by atoms with Crippen LogP contribution in [0.1, 0.15) is 17.2 Å². The van der Waals surface area contributed by atoms with Gasteiger partial charge in [0.05, 0.1) is 20.6 Å². The Labute approximate surface area is 191 Å². The minimum Gasteiger partial charge on any atom is -0.497 e. The predicted molar refractivity (Wildman–Crippen MR) is 128 cm³/mol. The summed E-state index contributed by atoms with van der Waals surface area (Å²) in [7, 11) is 3.16. The van der Waals surface area contributed by atoms with Crippen molar-refractivity contribution in [3.8, 4) is 11.5 Å². The van der Waals surface area contributed by atoms with Gasteiger partial charge in [-0.3, -0.25) is 9.59 Å². The van der Waals surface area contributed by atoms with E-state index < -0.39 is 6.04 Å². The Hall–Kier alpha value is -4.26. The molecule has 0 radical (unpaired) electrons. The summed E-state index contributed by atoms with van der Waals surface area (Å²) in [5.74, 6) is 0.743. The summed E-state index contributed by atoms with van der Waals surface area (Å²) in [5.41, 5.74) is 3.08. The average Bonchev–Trinajstić information content (AvgIpc) is 3.25. The van der Waals surface area contributed by atoms with Crippen molar-refractivity contribution in [1.29, 1.82) is 0 Å². The normalized spacial score (nSPS) is 11.6. The maximum Gasteiger partial charge on any atom is 0.251 e. The van der Waals surface area contributed by atoms with Gasteiger partial charge in [0, 0.05) is 22.8 Å². The number of methoxy groups -OCH3 is 2. The largest absolute Gasteiger partial charge is 0.497 e. The van der Waals surface area contributed by atoms with Crippen LogP contribution in [0.2, 0.25) is 0 Å². The molecule has 0 saturated heterocycles. The maximum atomic E-state index is 13.2. The molecule has 0 spiro atoms. The Morgan fingerprint density at radius 2 is 1.52 bits per heavy atom. The molecule has 1 aromatic heterocycles. The van der Waals surface area contributed by atoms with E-state index in [1.165, 1.54) is 0 Å². The molecule has 0 unspecified atom stereocenters. The fraction of sp³-hybridized carbons (Fsp3) is 0.154. The molecule has 4 rings (SSSR count). The molecule has 33 heavy (non-hydrogen) atoms. The maximum absolute atomic E-state index is 13.2. The Morgan fingerprint density at radius 1 is 0.879 bits per heavy atom. The second kappa shape index (κ2) is 9.91. The lowest BCUT2D eigenvalue weighted by Gasteiger charge is -2.19. The number of amides is 2. The summed E-state index contributed by atoms with van der Waals surface area (Å²) in [4.78, 5) is 29.3. The molecular formula is C26H25N3O4. The van der Waals surface area contributed by atoms with E-state index in [2.05, 4.69) is 15.6 Å². The molecule has 1 atom stereocenters. The molecule has 7 heteroatoms. The fourth-order valence-corrected chi connectivity index (χ4v) is 3.65. The molecule has 0 aliphatic carbocycles. The number of anilines is 1. The summed E-state index contributed by atoms with van der Waals surface area (Å²) in [5, 5.41) is 6.74. The molecule has 3 N–H and O–H groups in total. The number of ether oxygens (including phenoxy) is 2. The molecule has 3 aromatic carbocycles. The molecule has 1 heterocycles. The number of rotatable bonds is 8. The van der Waals surface area contributed by atoms with E-state index in [9.17, 15) is 9.59 Å². The van der Waals surface area contributed by atoms with Crippen LogP contribution in [0.4, 0.5) is 5.69 Å². The first-order valence-corrected chi connectivity index (χ1v) is 10.5. The van der Waals surface area contributed by atoms with Crippen LogP contribution in [-0.2, 0) is 16.0 Å². The fourth-order valence-electron chi connectivity index (χ4n) is 3.65. The van der Waals surface area contributed by atoms with Gasteiger partial charge < -0.3 is 25.1 Å². The summed E-state index contributed by atoms with van der Waals surface area (Å²) in [6.07, 6.45) is 1.97. The summed E-state index contributed by atoms with van der Waals surface area (Å²) in [6.45, 7) is 0. The molecule has 168 valence electrons. The lowest BCUT2D eigenvalue weighted by atomic mass is 10.0. The molecular weight excluding hydrogens is 418 g/mol. The highest BCUT2D eigenvalue weighted by Gasteiger charge is 2.24. The number of hydrogen-bond donors (Lipinski definition) is 3. The van der Waals surface area contributed by atoms with E-state index in [0.29, 0.717) is 22.7 Å². The predicted octanol–water partition coefficient (Wildman–Crippen LogP) is 4.22. The number of nitrogens with one attached hydrogen (secondary N) is 3. The molecule has 0 aliphatic rings. The standard InChI is InChI=1S/C26H25N3O4/c1-32-20-11-7-17(8-12-20)25(26(31)28-19-9-13-21(33-2)14-10-19)29-24(30)15-18-16-27-23-6-4-3-5-22(18)23/h3-14,16,25,27H,15H2,1-2H3,(H,28,31)(H,29,30)/t25-/m0/s1. The third-order valence-corrected chi connectivity index (χ3v) is 5.40. The van der Waals surface area contributed by atoms with Crippen molar-refractivity contribution in [2.75, 3.05) is 19.5 Å². The van der Waals surface area contributed by atoms with Crippen LogP contribution in [0.3, 0.4) is 0 Å². The zero-order valence-electron chi connectivity index (χ0n) is 18.4. The number of fused-ring (bicyclic) bond motifs is 1. The van der Waals surface area contributed by atoms with Gasteiger partial charge in [-0.15, -0.1) is 0 Å². The minimum absolute atomic E-state index is 0.145.